The van der Waals surface area contributed by atoms with E-state index in [-0.39, 0.29) is 0 Å². The Morgan fingerprint density at radius 3 is 2.30 bits per heavy atom. The number of benzene rings is 2. The largest absolute Gasteiger partial charge is 0.479 e. The molecule has 0 saturated carbocycles. The minimum absolute atomic E-state index is 0.429. The molecule has 3 rings (SSSR count). The third-order valence-corrected chi connectivity index (χ3v) is 4.39. The van der Waals surface area contributed by atoms with Gasteiger partial charge in [0, 0.05) is 0 Å². The van der Waals surface area contributed by atoms with Crippen molar-refractivity contribution in [3.8, 4) is 0 Å². The van der Waals surface area contributed by atoms with E-state index in [0.29, 0.717) is 15.7 Å². The van der Waals surface area contributed by atoms with Gasteiger partial charge in [-0.1, -0.05) is 48.5 Å². The maximum Gasteiger partial charge on any atom is 0.316 e. The van der Waals surface area contributed by atoms with Crippen LogP contribution >= 0.6 is 0 Å². The molecule has 0 radical (unpaired) electrons. The van der Waals surface area contributed by atoms with Crippen molar-refractivity contribution in [2.75, 3.05) is 4.90 Å². The Balaban J connectivity index is 2.18. The number of aliphatic hydroxyl groups is 1. The second-order valence-electron chi connectivity index (χ2n) is 5.16. The summed E-state index contributed by atoms with van der Waals surface area (Å²) >= 11 is 0. The van der Waals surface area contributed by atoms with Gasteiger partial charge >= 0.3 is 16.2 Å². The molecule has 0 amide bonds. The van der Waals surface area contributed by atoms with Crippen LogP contribution in [0.4, 0.5) is 5.69 Å². The first-order valence-corrected chi connectivity index (χ1v) is 8.39. The normalized spacial score (nSPS) is 18.2. The highest BCUT2D eigenvalue weighted by molar-refractivity contribution is 7.86. The van der Waals surface area contributed by atoms with E-state index < -0.39 is 22.4 Å². The molecule has 1 unspecified atom stereocenters. The number of para-hydroxylation sites is 1. The van der Waals surface area contributed by atoms with Crippen molar-refractivity contribution in [2.45, 2.75) is 13.1 Å². The summed E-state index contributed by atoms with van der Waals surface area (Å²) in [6, 6.07) is 15.8. The predicted octanol–water partition coefficient (Wildman–Crippen LogP) is 1.85. The van der Waals surface area contributed by atoms with Gasteiger partial charge in [0.1, 0.15) is 0 Å². The molecule has 0 aromatic heterocycles. The molecule has 3 N–H and O–H groups in total. The van der Waals surface area contributed by atoms with Crippen LogP contribution in [0.15, 0.2) is 59.7 Å². The van der Waals surface area contributed by atoms with Crippen molar-refractivity contribution in [2.24, 2.45) is 10.2 Å². The molecule has 0 saturated heterocycles. The molecule has 0 bridgehead atoms. The number of hydrazone groups is 1. The van der Waals surface area contributed by atoms with E-state index in [0.717, 1.165) is 5.56 Å². The fourth-order valence-electron chi connectivity index (χ4n) is 2.57. The van der Waals surface area contributed by atoms with Crippen molar-refractivity contribution in [1.82, 2.24) is 4.41 Å². The summed E-state index contributed by atoms with van der Waals surface area (Å²) in [5, 5.41) is 19.2. The van der Waals surface area contributed by atoms with E-state index in [1.54, 1.807) is 36.4 Å². The topological polar surface area (TPSA) is 99.2 Å². The van der Waals surface area contributed by atoms with Gasteiger partial charge in [-0.3, -0.25) is 4.90 Å². The van der Waals surface area contributed by atoms with Crippen molar-refractivity contribution in [3.63, 3.8) is 0 Å². The summed E-state index contributed by atoms with van der Waals surface area (Å²) < 4.78 is 24.5. The summed E-state index contributed by atoms with van der Waals surface area (Å²) in [4.78, 5) is 1.44. The number of nitrogens with zero attached hydrogens (tertiary/aromatic N) is 3. The smallest absolute Gasteiger partial charge is 0.316 e. The molecule has 120 valence electrons. The summed E-state index contributed by atoms with van der Waals surface area (Å²) in [6.45, 7) is 1.87. The summed E-state index contributed by atoms with van der Waals surface area (Å²) in [5.41, 5.74) is 2.15. The molecule has 0 fully saturated rings. The minimum Gasteiger partial charge on any atom is -0.479 e. The highest BCUT2D eigenvalue weighted by atomic mass is 32.2. The van der Waals surface area contributed by atoms with Gasteiger partial charge in [-0.15, -0.1) is 9.52 Å². The monoisotopic (exact) mass is 332 g/mol. The molecule has 2 aromatic rings. The van der Waals surface area contributed by atoms with Gasteiger partial charge < -0.3 is 5.11 Å². The van der Waals surface area contributed by atoms with E-state index in [2.05, 4.69) is 5.10 Å². The minimum atomic E-state index is -4.14. The maximum absolute atomic E-state index is 11.9. The highest BCUT2D eigenvalue weighted by Crippen LogP contribution is 2.37. The first-order valence-electron chi connectivity index (χ1n) is 6.89. The number of aryl methyl sites for hydroxylation is 1. The average molecular weight is 332 g/mol. The summed E-state index contributed by atoms with van der Waals surface area (Å²) in [7, 11) is -4.14. The molecular formula is C15H16N4O3S. The van der Waals surface area contributed by atoms with Crippen LogP contribution in [-0.4, -0.2) is 24.0 Å². The Morgan fingerprint density at radius 2 is 1.70 bits per heavy atom. The van der Waals surface area contributed by atoms with Gasteiger partial charge in [0.2, 0.25) is 0 Å². The second-order valence-corrected chi connectivity index (χ2v) is 6.56. The maximum atomic E-state index is 11.9. The van der Waals surface area contributed by atoms with Crippen molar-refractivity contribution in [1.29, 1.82) is 0 Å². The lowest BCUT2D eigenvalue weighted by Gasteiger charge is -2.30. The zero-order valence-electron chi connectivity index (χ0n) is 12.4. The van der Waals surface area contributed by atoms with E-state index in [9.17, 15) is 13.5 Å². The Hall–Kier alpha value is -2.58. The van der Waals surface area contributed by atoms with Gasteiger partial charge in [-0.25, -0.2) is 5.14 Å². The summed E-state index contributed by atoms with van der Waals surface area (Å²) in [5.74, 6) is 0. The fourth-order valence-corrected chi connectivity index (χ4v) is 3.25. The van der Waals surface area contributed by atoms with Crippen LogP contribution in [-0.2, 0) is 10.2 Å². The van der Waals surface area contributed by atoms with Crippen LogP contribution in [0.2, 0.25) is 0 Å². The first-order chi connectivity index (χ1) is 10.9. The standard InChI is InChI=1S/C15H16N4O3S/c1-11-7-5-6-10-13(11)18-14(12-8-3-2-4-9-12)19(17-15(18)20)23(16,21)22/h2-10,14H,1H3,(H,17,20)(H2,16,21,22). The number of rotatable bonds is 3. The SMILES string of the molecule is Cc1ccccc1N1C(O)=NN(S(N)(=O)=O)C1c1ccccc1. The Bertz CT molecular complexity index is 852. The Labute approximate surface area is 134 Å². The van der Waals surface area contributed by atoms with Crippen molar-refractivity contribution < 1.29 is 13.5 Å². The molecule has 7 nitrogen and oxygen atoms in total. The number of nitrogens with two attached hydrogens (primary N) is 1. The lowest BCUT2D eigenvalue weighted by atomic mass is 10.1. The molecule has 1 aliphatic heterocycles. The zero-order valence-corrected chi connectivity index (χ0v) is 13.2. The number of anilines is 1. The molecule has 8 heteroatoms. The van der Waals surface area contributed by atoms with Crippen LogP contribution in [0.25, 0.3) is 0 Å². The molecule has 1 aliphatic rings. The molecule has 2 aromatic carbocycles. The van der Waals surface area contributed by atoms with Gasteiger partial charge in [0.25, 0.3) is 0 Å². The quantitative estimate of drug-likeness (QED) is 0.896. The van der Waals surface area contributed by atoms with E-state index >= 15 is 0 Å². The molecule has 1 atom stereocenters. The van der Waals surface area contributed by atoms with Crippen LogP contribution < -0.4 is 10.0 Å². The zero-order chi connectivity index (χ0) is 16.6. The van der Waals surface area contributed by atoms with Crippen LogP contribution in [0.3, 0.4) is 0 Å². The third kappa shape index (κ3) is 2.73. The first kappa shape index (κ1) is 15.3. The Morgan fingerprint density at radius 1 is 1.09 bits per heavy atom. The van der Waals surface area contributed by atoms with Gasteiger partial charge in [0.15, 0.2) is 6.17 Å². The average Bonchev–Trinajstić information content (AvgIpc) is 2.86. The van der Waals surface area contributed by atoms with Crippen LogP contribution in [0, 0.1) is 6.92 Å². The van der Waals surface area contributed by atoms with Crippen LogP contribution in [0.5, 0.6) is 0 Å². The van der Waals surface area contributed by atoms with Crippen LogP contribution in [0.1, 0.15) is 17.3 Å². The Kier molecular flexibility index (Phi) is 3.70. The van der Waals surface area contributed by atoms with Crippen molar-refractivity contribution >= 4 is 21.9 Å². The molecule has 1 heterocycles. The fraction of sp³-hybridized carbons (Fsp3) is 0.133. The lowest BCUT2D eigenvalue weighted by molar-refractivity contribution is 0.372. The van der Waals surface area contributed by atoms with E-state index in [1.165, 1.54) is 4.90 Å². The number of amidine groups is 1. The van der Waals surface area contributed by atoms with Gasteiger partial charge in [-0.05, 0) is 24.1 Å². The second kappa shape index (κ2) is 5.56. The number of hydrogen-bond acceptors (Lipinski definition) is 4. The number of aliphatic hydroxyl groups excluding tert-OH is 1. The molecule has 0 spiro atoms. The van der Waals surface area contributed by atoms with Crippen molar-refractivity contribution in [3.05, 3.63) is 65.7 Å². The lowest BCUT2D eigenvalue weighted by Crippen LogP contribution is -2.40. The highest BCUT2D eigenvalue weighted by Gasteiger charge is 2.42. The van der Waals surface area contributed by atoms with E-state index in [1.807, 2.05) is 25.1 Å². The summed E-state index contributed by atoms with van der Waals surface area (Å²) in [6.07, 6.45) is -0.882. The number of hydrogen-bond donors (Lipinski definition) is 2. The predicted molar refractivity (Wildman–Crippen MR) is 87.9 cm³/mol. The molecule has 23 heavy (non-hydrogen) atoms. The van der Waals surface area contributed by atoms with Gasteiger partial charge in [0.05, 0.1) is 5.69 Å². The van der Waals surface area contributed by atoms with E-state index in [4.69, 9.17) is 5.14 Å². The van der Waals surface area contributed by atoms with Gasteiger partial charge in [-0.2, -0.15) is 8.42 Å². The molecule has 0 aliphatic carbocycles. The third-order valence-electron chi connectivity index (χ3n) is 3.59. The molecular weight excluding hydrogens is 316 g/mol.